The van der Waals surface area contributed by atoms with E-state index in [1.807, 2.05) is 0 Å². The molecule has 0 aromatic heterocycles. The van der Waals surface area contributed by atoms with Crippen LogP contribution in [0.4, 0.5) is 0 Å². The fraction of sp³-hybridized carbons (Fsp3) is 0.583. The zero-order chi connectivity index (χ0) is 13.8. The SMILES string of the molecule is [2H]C[C@H]1O[C@@H](N2C=C(C#CCN)C(=O)NC2)CC1O. The molecule has 2 heterocycles. The van der Waals surface area contributed by atoms with Gasteiger partial charge in [-0.2, -0.15) is 0 Å². The Morgan fingerprint density at radius 3 is 3.33 bits per heavy atom. The van der Waals surface area contributed by atoms with Crippen molar-refractivity contribution in [3.8, 4) is 11.8 Å². The van der Waals surface area contributed by atoms with E-state index >= 15 is 0 Å². The first-order valence-corrected chi connectivity index (χ1v) is 5.73. The highest BCUT2D eigenvalue weighted by atomic mass is 16.5. The highest BCUT2D eigenvalue weighted by molar-refractivity contribution is 5.98. The van der Waals surface area contributed by atoms with Crippen molar-refractivity contribution >= 4 is 5.91 Å². The van der Waals surface area contributed by atoms with Gasteiger partial charge in [0.25, 0.3) is 5.91 Å². The Kier molecular flexibility index (Phi) is 3.46. The molecule has 0 bridgehead atoms. The van der Waals surface area contributed by atoms with Gasteiger partial charge in [-0.15, -0.1) is 0 Å². The van der Waals surface area contributed by atoms with E-state index in [-0.39, 0.29) is 25.6 Å². The molecule has 2 aliphatic heterocycles. The third-order valence-corrected chi connectivity index (χ3v) is 2.86. The first-order chi connectivity index (χ1) is 9.15. The van der Waals surface area contributed by atoms with Crippen molar-refractivity contribution in [2.75, 3.05) is 13.2 Å². The van der Waals surface area contributed by atoms with Crippen LogP contribution in [-0.2, 0) is 9.53 Å². The van der Waals surface area contributed by atoms with Crippen molar-refractivity contribution in [3.05, 3.63) is 11.8 Å². The number of nitrogens with one attached hydrogen (secondary N) is 1. The van der Waals surface area contributed by atoms with Crippen LogP contribution in [-0.4, -0.2) is 47.6 Å². The van der Waals surface area contributed by atoms with Crippen LogP contribution >= 0.6 is 0 Å². The second-order valence-corrected chi connectivity index (χ2v) is 4.16. The third-order valence-electron chi connectivity index (χ3n) is 2.86. The van der Waals surface area contributed by atoms with Crippen molar-refractivity contribution < 1.29 is 16.0 Å². The molecular weight excluding hydrogens is 234 g/mol. The summed E-state index contributed by atoms with van der Waals surface area (Å²) < 4.78 is 12.8. The molecule has 1 fully saturated rings. The van der Waals surface area contributed by atoms with E-state index in [9.17, 15) is 9.90 Å². The first kappa shape index (κ1) is 11.5. The van der Waals surface area contributed by atoms with Gasteiger partial charge in [-0.1, -0.05) is 11.8 Å². The number of aliphatic hydroxyl groups is 1. The summed E-state index contributed by atoms with van der Waals surface area (Å²) in [6.07, 6.45) is 0.556. The predicted molar refractivity (Wildman–Crippen MR) is 64.7 cm³/mol. The van der Waals surface area contributed by atoms with E-state index in [2.05, 4.69) is 17.2 Å². The van der Waals surface area contributed by atoms with E-state index in [4.69, 9.17) is 11.8 Å². The fourth-order valence-corrected chi connectivity index (χ4v) is 1.87. The van der Waals surface area contributed by atoms with Crippen molar-refractivity contribution in [3.63, 3.8) is 0 Å². The molecule has 1 saturated heterocycles. The minimum atomic E-state index is -0.646. The molecule has 6 nitrogen and oxygen atoms in total. The summed E-state index contributed by atoms with van der Waals surface area (Å²) in [4.78, 5) is 13.3. The predicted octanol–water partition coefficient (Wildman–Crippen LogP) is -1.28. The summed E-state index contributed by atoms with van der Waals surface area (Å²) in [6, 6.07) is 0. The number of ether oxygens (including phenoxy) is 1. The van der Waals surface area contributed by atoms with Crippen molar-refractivity contribution in [1.82, 2.24) is 10.2 Å². The number of carbonyl (C=O) groups excluding carboxylic acids is 1. The van der Waals surface area contributed by atoms with Gasteiger partial charge in [0.15, 0.2) is 0 Å². The maximum atomic E-state index is 11.6. The minimum absolute atomic E-state index is 0.0153. The molecule has 3 atom stereocenters. The maximum absolute atomic E-state index is 11.6. The Hall–Kier alpha value is -1.55. The summed E-state index contributed by atoms with van der Waals surface area (Å²) in [5.41, 5.74) is 5.60. The average Bonchev–Trinajstić information content (AvgIpc) is 2.79. The number of nitrogens with two attached hydrogens (primary N) is 1. The average molecular weight is 252 g/mol. The molecule has 0 spiro atoms. The number of hydrogen-bond acceptors (Lipinski definition) is 5. The number of nitrogens with zero attached hydrogens (tertiary/aromatic N) is 1. The normalized spacial score (nSPS) is 32.2. The van der Waals surface area contributed by atoms with Gasteiger partial charge in [0, 0.05) is 14.0 Å². The summed E-state index contributed by atoms with van der Waals surface area (Å²) in [7, 11) is 0. The molecule has 6 heteroatoms. The molecule has 4 N–H and O–H groups in total. The lowest BCUT2D eigenvalue weighted by molar-refractivity contribution is -0.120. The maximum Gasteiger partial charge on any atom is 0.262 e. The zero-order valence-electron chi connectivity index (χ0n) is 10.9. The molecule has 1 unspecified atom stereocenters. The summed E-state index contributed by atoms with van der Waals surface area (Å²) in [6.45, 7) is 0.500. The van der Waals surface area contributed by atoms with Gasteiger partial charge in [0.05, 0.1) is 25.4 Å². The highest BCUT2D eigenvalue weighted by Gasteiger charge is 2.35. The van der Waals surface area contributed by atoms with E-state index < -0.39 is 12.2 Å². The van der Waals surface area contributed by atoms with Crippen LogP contribution in [0.15, 0.2) is 11.8 Å². The summed E-state index contributed by atoms with van der Waals surface area (Å²) in [5, 5.41) is 12.4. The first-order valence-electron chi connectivity index (χ1n) is 6.44. The second kappa shape index (κ2) is 5.40. The summed E-state index contributed by atoms with van der Waals surface area (Å²) in [5.74, 6) is 5.09. The number of rotatable bonds is 1. The molecule has 2 rings (SSSR count). The van der Waals surface area contributed by atoms with Gasteiger partial charge in [0.1, 0.15) is 11.8 Å². The monoisotopic (exact) mass is 252 g/mol. The highest BCUT2D eigenvalue weighted by Crippen LogP contribution is 2.24. The standard InChI is InChI=1S/C12H17N3O3/c1-8-10(16)5-11(18-8)15-6-9(3-2-4-13)12(17)14-7-15/h6,8,10-11,16H,4-5,7,13H2,1H3,(H,14,17)/t8-,10?,11-/m1/s1/i1D. The quantitative estimate of drug-likeness (QED) is 0.506. The lowest BCUT2D eigenvalue weighted by Crippen LogP contribution is -2.45. The molecule has 0 saturated carbocycles. The van der Waals surface area contributed by atoms with Gasteiger partial charge < -0.3 is 25.8 Å². The van der Waals surface area contributed by atoms with E-state index in [0.717, 1.165) is 0 Å². The molecule has 0 radical (unpaired) electrons. The molecule has 18 heavy (non-hydrogen) atoms. The largest absolute Gasteiger partial charge is 0.390 e. The van der Waals surface area contributed by atoms with Gasteiger partial charge in [-0.3, -0.25) is 4.79 Å². The lowest BCUT2D eigenvalue weighted by atomic mass is 10.2. The van der Waals surface area contributed by atoms with E-state index in [1.54, 1.807) is 11.1 Å². The van der Waals surface area contributed by atoms with Gasteiger partial charge in [-0.25, -0.2) is 0 Å². The second-order valence-electron chi connectivity index (χ2n) is 4.16. The van der Waals surface area contributed by atoms with Crippen LogP contribution in [0.3, 0.4) is 0 Å². The topological polar surface area (TPSA) is 87.8 Å². The lowest BCUT2D eigenvalue weighted by Gasteiger charge is -2.30. The van der Waals surface area contributed by atoms with E-state index in [0.29, 0.717) is 18.7 Å². The Bertz CT molecular complexity index is 443. The van der Waals surface area contributed by atoms with Crippen molar-refractivity contribution in [1.29, 1.82) is 0 Å². The van der Waals surface area contributed by atoms with Crippen LogP contribution in [0.5, 0.6) is 0 Å². The Morgan fingerprint density at radius 2 is 2.67 bits per heavy atom. The molecule has 1 amide bonds. The number of carbonyl (C=O) groups is 1. The van der Waals surface area contributed by atoms with Crippen molar-refractivity contribution in [2.45, 2.75) is 31.8 Å². The fourth-order valence-electron chi connectivity index (χ4n) is 1.87. The van der Waals surface area contributed by atoms with Crippen LogP contribution < -0.4 is 11.1 Å². The van der Waals surface area contributed by atoms with Gasteiger partial charge >= 0.3 is 0 Å². The number of hydrogen-bond donors (Lipinski definition) is 3. The van der Waals surface area contributed by atoms with Crippen LogP contribution in [0, 0.1) is 11.8 Å². The molecule has 2 aliphatic rings. The molecule has 0 aromatic rings. The molecular formula is C12H17N3O3. The molecule has 0 aliphatic carbocycles. The van der Waals surface area contributed by atoms with Crippen LogP contribution in [0.1, 0.15) is 14.7 Å². The Morgan fingerprint density at radius 1 is 1.83 bits per heavy atom. The van der Waals surface area contributed by atoms with E-state index in [1.165, 1.54) is 0 Å². The third kappa shape index (κ3) is 2.64. The van der Waals surface area contributed by atoms with Crippen molar-refractivity contribution in [2.24, 2.45) is 5.73 Å². The zero-order valence-corrected chi connectivity index (χ0v) is 9.93. The Balaban J connectivity index is 2.09. The van der Waals surface area contributed by atoms with Crippen LogP contribution in [0.25, 0.3) is 0 Å². The number of aliphatic hydroxyl groups excluding tert-OH is 1. The molecule has 98 valence electrons. The Labute approximate surface area is 107 Å². The summed E-state index contributed by atoms with van der Waals surface area (Å²) >= 11 is 0. The van der Waals surface area contributed by atoms with Crippen LogP contribution in [0.2, 0.25) is 0 Å². The van der Waals surface area contributed by atoms with Gasteiger partial charge in [0.2, 0.25) is 0 Å². The van der Waals surface area contributed by atoms with Gasteiger partial charge in [-0.05, 0) is 6.90 Å². The number of amides is 1. The molecule has 0 aromatic carbocycles. The smallest absolute Gasteiger partial charge is 0.262 e. The minimum Gasteiger partial charge on any atom is -0.390 e.